The van der Waals surface area contributed by atoms with E-state index in [2.05, 4.69) is 15.0 Å². The Labute approximate surface area is 256 Å². The Bertz CT molecular complexity index is 1880. The standard InChI is InChI=1S/C31H29F4N3O6S/c1-17-38-28(18-5-8-21(9-6-18)44-31(33,34)35)29(43-17)22-13-19(7-10-25(22)37-12-11-27(36)30(2,3)40)20-14-24(32)23(16-39)26(15-20)45(4,41)42/h5-15,36-37,39-40H,16H2,1-4H3/b12-11-,36-27?. The minimum absolute atomic E-state index is 0.0988. The number of nitrogens with one attached hydrogen (secondary N) is 2. The van der Waals surface area contributed by atoms with Gasteiger partial charge in [0.05, 0.1) is 17.2 Å². The third-order valence-corrected chi connectivity index (χ3v) is 7.72. The van der Waals surface area contributed by atoms with Crippen molar-refractivity contribution in [3.8, 4) is 39.5 Å². The van der Waals surface area contributed by atoms with Crippen molar-refractivity contribution >= 4 is 21.2 Å². The molecule has 0 bridgehead atoms. The van der Waals surface area contributed by atoms with Gasteiger partial charge in [-0.05, 0) is 79.6 Å². The molecule has 238 valence electrons. The number of halogens is 4. The summed E-state index contributed by atoms with van der Waals surface area (Å²) in [7, 11) is -3.93. The minimum Gasteiger partial charge on any atom is -0.440 e. The largest absolute Gasteiger partial charge is 0.573 e. The predicted molar refractivity (Wildman–Crippen MR) is 160 cm³/mol. The second kappa shape index (κ2) is 12.5. The van der Waals surface area contributed by atoms with Gasteiger partial charge >= 0.3 is 6.36 Å². The summed E-state index contributed by atoms with van der Waals surface area (Å²) in [6.45, 7) is 3.63. The molecule has 4 rings (SSSR count). The molecule has 0 aliphatic carbocycles. The number of aliphatic hydroxyl groups excluding tert-OH is 1. The first kappa shape index (κ1) is 33.4. The molecular formula is C31H29F4N3O6S. The monoisotopic (exact) mass is 647 g/mol. The molecule has 0 amide bonds. The van der Waals surface area contributed by atoms with Crippen LogP contribution >= 0.6 is 0 Å². The van der Waals surface area contributed by atoms with Crippen molar-refractivity contribution in [1.29, 1.82) is 5.41 Å². The van der Waals surface area contributed by atoms with Crippen LogP contribution in [0.2, 0.25) is 0 Å². The molecule has 0 aliphatic rings. The van der Waals surface area contributed by atoms with E-state index >= 15 is 0 Å². The number of hydrogen-bond donors (Lipinski definition) is 4. The average Bonchev–Trinajstić information content (AvgIpc) is 3.32. The molecule has 45 heavy (non-hydrogen) atoms. The van der Waals surface area contributed by atoms with Crippen LogP contribution in [0, 0.1) is 18.2 Å². The highest BCUT2D eigenvalue weighted by atomic mass is 32.2. The molecule has 0 atom stereocenters. The van der Waals surface area contributed by atoms with Gasteiger partial charge in [0.2, 0.25) is 0 Å². The number of benzene rings is 3. The van der Waals surface area contributed by atoms with Crippen molar-refractivity contribution in [3.63, 3.8) is 0 Å². The molecule has 14 heteroatoms. The van der Waals surface area contributed by atoms with Crippen LogP contribution in [-0.2, 0) is 16.4 Å². The van der Waals surface area contributed by atoms with E-state index in [1.807, 2.05) is 0 Å². The number of alkyl halides is 3. The van der Waals surface area contributed by atoms with Crippen LogP contribution in [0.5, 0.6) is 5.75 Å². The molecule has 0 unspecified atom stereocenters. The Morgan fingerprint density at radius 3 is 2.29 bits per heavy atom. The van der Waals surface area contributed by atoms with E-state index in [1.54, 1.807) is 25.1 Å². The normalized spacial score (nSPS) is 12.5. The fraction of sp³-hybridized carbons (Fsp3) is 0.226. The van der Waals surface area contributed by atoms with Gasteiger partial charge in [-0.1, -0.05) is 6.07 Å². The number of ether oxygens (including phenoxy) is 1. The number of aliphatic hydroxyl groups is 2. The first-order valence-electron chi connectivity index (χ1n) is 13.2. The van der Waals surface area contributed by atoms with E-state index in [-0.39, 0.29) is 39.1 Å². The molecule has 0 aliphatic heterocycles. The molecule has 1 heterocycles. The van der Waals surface area contributed by atoms with Gasteiger partial charge in [-0.3, -0.25) is 0 Å². The second-order valence-corrected chi connectivity index (χ2v) is 12.5. The first-order valence-corrected chi connectivity index (χ1v) is 15.1. The maximum Gasteiger partial charge on any atom is 0.573 e. The van der Waals surface area contributed by atoms with E-state index in [9.17, 15) is 36.2 Å². The number of sulfone groups is 1. The van der Waals surface area contributed by atoms with E-state index in [0.29, 0.717) is 22.4 Å². The van der Waals surface area contributed by atoms with Crippen LogP contribution in [0.15, 0.2) is 76.2 Å². The topological polar surface area (TPSA) is 146 Å². The zero-order chi connectivity index (χ0) is 33.3. The SMILES string of the molecule is Cc1nc(-c2ccc(OC(F)(F)F)cc2)c(-c2cc(-c3cc(F)c(CO)c(S(C)(=O)=O)c3)ccc2N/C=C\C(=N)C(C)(C)O)o1. The third-order valence-electron chi connectivity index (χ3n) is 6.55. The van der Waals surface area contributed by atoms with E-state index in [0.717, 1.165) is 24.5 Å². The lowest BCUT2D eigenvalue weighted by molar-refractivity contribution is -0.274. The number of nitrogens with zero attached hydrogens (tertiary/aromatic N) is 1. The molecule has 0 fully saturated rings. The smallest absolute Gasteiger partial charge is 0.440 e. The third kappa shape index (κ3) is 7.95. The number of anilines is 1. The summed E-state index contributed by atoms with van der Waals surface area (Å²) >= 11 is 0. The van der Waals surface area contributed by atoms with Gasteiger partial charge < -0.3 is 30.1 Å². The Balaban J connectivity index is 1.89. The highest BCUT2D eigenvalue weighted by Gasteiger charge is 2.31. The fourth-order valence-corrected chi connectivity index (χ4v) is 5.29. The van der Waals surface area contributed by atoms with Gasteiger partial charge in [0.15, 0.2) is 21.5 Å². The number of aryl methyl sites for hydroxylation is 1. The molecule has 1 aromatic heterocycles. The van der Waals surface area contributed by atoms with Crippen LogP contribution in [0.4, 0.5) is 23.2 Å². The maximum atomic E-state index is 15.0. The zero-order valence-electron chi connectivity index (χ0n) is 24.5. The molecule has 0 saturated carbocycles. The van der Waals surface area contributed by atoms with Crippen molar-refractivity contribution in [2.75, 3.05) is 11.6 Å². The summed E-state index contributed by atoms with van der Waals surface area (Å²) in [4.78, 5) is 4.04. The molecule has 3 aromatic carbocycles. The van der Waals surface area contributed by atoms with E-state index in [4.69, 9.17) is 9.83 Å². The molecule has 4 N–H and O–H groups in total. The van der Waals surface area contributed by atoms with Crippen molar-refractivity contribution in [3.05, 3.63) is 84.1 Å². The summed E-state index contributed by atoms with van der Waals surface area (Å²) in [6, 6.07) is 12.0. The lowest BCUT2D eigenvalue weighted by Crippen LogP contribution is -2.28. The van der Waals surface area contributed by atoms with Crippen LogP contribution in [-0.4, -0.2) is 47.5 Å². The molecule has 9 nitrogen and oxygen atoms in total. The quantitative estimate of drug-likeness (QED) is 0.111. The Morgan fingerprint density at radius 1 is 1.07 bits per heavy atom. The van der Waals surface area contributed by atoms with Gasteiger partial charge in [-0.2, -0.15) is 0 Å². The van der Waals surface area contributed by atoms with Gasteiger partial charge in [0.1, 0.15) is 22.9 Å². The number of hydrogen-bond acceptors (Lipinski definition) is 9. The lowest BCUT2D eigenvalue weighted by Gasteiger charge is -2.16. The summed E-state index contributed by atoms with van der Waals surface area (Å²) in [5.41, 5.74) is 0.0000777. The van der Waals surface area contributed by atoms with Crippen molar-refractivity contribution in [2.45, 2.75) is 44.2 Å². The number of rotatable bonds is 10. The van der Waals surface area contributed by atoms with Crippen molar-refractivity contribution < 1.29 is 45.3 Å². The highest BCUT2D eigenvalue weighted by molar-refractivity contribution is 7.90. The second-order valence-electron chi connectivity index (χ2n) is 10.6. The van der Waals surface area contributed by atoms with E-state index < -0.39 is 40.0 Å². The Hall–Kier alpha value is -4.53. The zero-order valence-corrected chi connectivity index (χ0v) is 25.3. The molecule has 0 radical (unpaired) electrons. The number of aromatic nitrogens is 1. The first-order chi connectivity index (χ1) is 20.9. The summed E-state index contributed by atoms with van der Waals surface area (Å²) in [6.07, 6.45) is -1.23. The molecule has 0 saturated heterocycles. The van der Waals surface area contributed by atoms with Crippen LogP contribution in [0.1, 0.15) is 25.3 Å². The van der Waals surface area contributed by atoms with E-state index in [1.165, 1.54) is 44.3 Å². The van der Waals surface area contributed by atoms with Crippen molar-refractivity contribution in [1.82, 2.24) is 4.98 Å². The maximum absolute atomic E-state index is 15.0. The highest BCUT2D eigenvalue weighted by Crippen LogP contribution is 2.40. The van der Waals surface area contributed by atoms with Gasteiger partial charge in [-0.15, -0.1) is 13.2 Å². The Morgan fingerprint density at radius 2 is 1.71 bits per heavy atom. The molecular weight excluding hydrogens is 618 g/mol. The summed E-state index contributed by atoms with van der Waals surface area (Å²) < 4.78 is 87.8. The van der Waals surface area contributed by atoms with Crippen LogP contribution in [0.3, 0.4) is 0 Å². The van der Waals surface area contributed by atoms with Crippen LogP contribution in [0.25, 0.3) is 33.7 Å². The molecule has 0 spiro atoms. The molecule has 4 aromatic rings. The number of oxazole rings is 1. The fourth-order valence-electron chi connectivity index (χ4n) is 4.34. The minimum atomic E-state index is -4.88. The lowest BCUT2D eigenvalue weighted by atomic mass is 9.97. The average molecular weight is 648 g/mol. The van der Waals surface area contributed by atoms with Crippen LogP contribution < -0.4 is 10.1 Å². The van der Waals surface area contributed by atoms with Gasteiger partial charge in [0, 0.05) is 41.8 Å². The Kier molecular flexibility index (Phi) is 9.24. The van der Waals surface area contributed by atoms with Gasteiger partial charge in [0.25, 0.3) is 0 Å². The summed E-state index contributed by atoms with van der Waals surface area (Å²) in [5, 5.41) is 30.7. The van der Waals surface area contributed by atoms with Gasteiger partial charge in [-0.25, -0.2) is 17.8 Å². The summed E-state index contributed by atoms with van der Waals surface area (Å²) in [5.74, 6) is -0.983. The van der Waals surface area contributed by atoms with Crippen molar-refractivity contribution in [2.24, 2.45) is 0 Å². The predicted octanol–water partition coefficient (Wildman–Crippen LogP) is 6.63.